The first kappa shape index (κ1) is 14.4. The molecule has 2 heterocycles. The molecule has 20 heavy (non-hydrogen) atoms. The van der Waals surface area contributed by atoms with Crippen molar-refractivity contribution in [2.45, 2.75) is 76.7 Å². The van der Waals surface area contributed by atoms with Crippen LogP contribution in [0.25, 0.3) is 0 Å². The van der Waals surface area contributed by atoms with E-state index in [0.717, 1.165) is 32.5 Å². The summed E-state index contributed by atoms with van der Waals surface area (Å²) in [6.45, 7) is 3.19. The monoisotopic (exact) mass is 278 g/mol. The fraction of sp³-hybridized carbons (Fsp3) is 0.941. The minimum Gasteiger partial charge on any atom is -0.343 e. The number of piperidine rings is 1. The molecule has 1 spiro atoms. The van der Waals surface area contributed by atoms with Crippen molar-refractivity contribution in [1.29, 1.82) is 0 Å². The van der Waals surface area contributed by atoms with E-state index in [0.29, 0.717) is 17.4 Å². The van der Waals surface area contributed by atoms with E-state index in [1.54, 1.807) is 0 Å². The summed E-state index contributed by atoms with van der Waals surface area (Å²) >= 11 is 0. The molecule has 0 aromatic heterocycles. The standard InChI is InChI=1S/C17H30N2O/c20-16(7-6-15-5-4-12-18-15)19-13-10-17(11-14-19)8-2-1-3-9-17/h15,18H,1-14H2. The van der Waals surface area contributed by atoms with E-state index in [4.69, 9.17) is 0 Å². The van der Waals surface area contributed by atoms with Gasteiger partial charge in [-0.1, -0.05) is 19.3 Å². The topological polar surface area (TPSA) is 32.3 Å². The molecule has 1 unspecified atom stereocenters. The van der Waals surface area contributed by atoms with Gasteiger partial charge >= 0.3 is 0 Å². The van der Waals surface area contributed by atoms with Gasteiger partial charge in [-0.15, -0.1) is 0 Å². The van der Waals surface area contributed by atoms with Crippen molar-refractivity contribution >= 4 is 5.91 Å². The molecule has 114 valence electrons. The first-order valence-corrected chi connectivity index (χ1v) is 8.79. The van der Waals surface area contributed by atoms with Gasteiger partial charge in [-0.25, -0.2) is 0 Å². The maximum Gasteiger partial charge on any atom is 0.222 e. The first-order chi connectivity index (χ1) is 9.77. The lowest BCUT2D eigenvalue weighted by Crippen LogP contribution is -2.44. The van der Waals surface area contributed by atoms with E-state index < -0.39 is 0 Å². The van der Waals surface area contributed by atoms with Crippen LogP contribution in [0.3, 0.4) is 0 Å². The lowest BCUT2D eigenvalue weighted by Gasteiger charge is -2.44. The van der Waals surface area contributed by atoms with Gasteiger partial charge in [0.05, 0.1) is 0 Å². The Morgan fingerprint density at radius 3 is 2.45 bits per heavy atom. The molecule has 3 heteroatoms. The Labute approximate surface area is 123 Å². The zero-order valence-corrected chi connectivity index (χ0v) is 12.8. The average molecular weight is 278 g/mol. The number of hydrogen-bond donors (Lipinski definition) is 1. The van der Waals surface area contributed by atoms with Crippen LogP contribution in [0.1, 0.15) is 70.6 Å². The third-order valence-electron chi connectivity index (χ3n) is 5.96. The van der Waals surface area contributed by atoms with Crippen LogP contribution in [-0.4, -0.2) is 36.5 Å². The van der Waals surface area contributed by atoms with Gasteiger partial charge in [-0.05, 0) is 56.9 Å². The summed E-state index contributed by atoms with van der Waals surface area (Å²) in [5.74, 6) is 0.407. The molecular weight excluding hydrogens is 248 g/mol. The molecule has 1 amide bonds. The molecule has 3 fully saturated rings. The largest absolute Gasteiger partial charge is 0.343 e. The predicted octanol–water partition coefficient (Wildman–Crippen LogP) is 3.09. The number of carbonyl (C=O) groups is 1. The second-order valence-corrected chi connectivity index (χ2v) is 7.27. The predicted molar refractivity (Wildman–Crippen MR) is 81.6 cm³/mol. The third kappa shape index (κ3) is 3.36. The Morgan fingerprint density at radius 2 is 1.80 bits per heavy atom. The van der Waals surface area contributed by atoms with Crippen molar-refractivity contribution in [3.05, 3.63) is 0 Å². The first-order valence-electron chi connectivity index (χ1n) is 8.79. The highest BCUT2D eigenvalue weighted by molar-refractivity contribution is 5.76. The molecule has 1 saturated carbocycles. The fourth-order valence-corrected chi connectivity index (χ4v) is 4.49. The number of likely N-dealkylation sites (tertiary alicyclic amines) is 1. The smallest absolute Gasteiger partial charge is 0.222 e. The Balaban J connectivity index is 1.41. The fourth-order valence-electron chi connectivity index (χ4n) is 4.49. The van der Waals surface area contributed by atoms with Crippen LogP contribution in [0.4, 0.5) is 0 Å². The maximum atomic E-state index is 12.3. The van der Waals surface area contributed by atoms with Crippen LogP contribution in [0, 0.1) is 5.41 Å². The van der Waals surface area contributed by atoms with Crippen LogP contribution in [0.2, 0.25) is 0 Å². The van der Waals surface area contributed by atoms with Crippen LogP contribution in [0.15, 0.2) is 0 Å². The molecule has 2 aliphatic heterocycles. The molecule has 2 saturated heterocycles. The molecule has 3 aliphatic rings. The molecule has 1 aliphatic carbocycles. The van der Waals surface area contributed by atoms with Gasteiger partial charge in [0.1, 0.15) is 0 Å². The molecule has 0 aromatic carbocycles. The number of rotatable bonds is 3. The van der Waals surface area contributed by atoms with Crippen molar-refractivity contribution in [2.75, 3.05) is 19.6 Å². The van der Waals surface area contributed by atoms with Crippen molar-refractivity contribution in [3.63, 3.8) is 0 Å². The van der Waals surface area contributed by atoms with E-state index >= 15 is 0 Å². The molecule has 0 bridgehead atoms. The van der Waals surface area contributed by atoms with Crippen LogP contribution >= 0.6 is 0 Å². The zero-order chi connectivity index (χ0) is 13.8. The summed E-state index contributed by atoms with van der Waals surface area (Å²) in [5, 5.41) is 3.49. The van der Waals surface area contributed by atoms with E-state index in [2.05, 4.69) is 10.2 Å². The summed E-state index contributed by atoms with van der Waals surface area (Å²) in [5.41, 5.74) is 0.613. The second kappa shape index (κ2) is 6.46. The van der Waals surface area contributed by atoms with Crippen LogP contribution in [0.5, 0.6) is 0 Å². The van der Waals surface area contributed by atoms with Crippen molar-refractivity contribution in [1.82, 2.24) is 10.2 Å². The molecule has 3 rings (SSSR count). The maximum absolute atomic E-state index is 12.3. The Morgan fingerprint density at radius 1 is 1.05 bits per heavy atom. The summed E-state index contributed by atoms with van der Waals surface area (Å²) in [4.78, 5) is 14.5. The van der Waals surface area contributed by atoms with Crippen molar-refractivity contribution in [2.24, 2.45) is 5.41 Å². The molecule has 1 N–H and O–H groups in total. The second-order valence-electron chi connectivity index (χ2n) is 7.27. The minimum absolute atomic E-state index is 0.407. The normalized spacial score (nSPS) is 29.8. The lowest BCUT2D eigenvalue weighted by molar-refractivity contribution is -0.134. The minimum atomic E-state index is 0.407. The van der Waals surface area contributed by atoms with E-state index in [1.165, 1.54) is 57.8 Å². The zero-order valence-electron chi connectivity index (χ0n) is 12.8. The Bertz CT molecular complexity index is 320. The summed E-state index contributed by atoms with van der Waals surface area (Å²) in [6, 6.07) is 0.605. The average Bonchev–Trinajstić information content (AvgIpc) is 3.00. The highest BCUT2D eigenvalue weighted by atomic mass is 16.2. The van der Waals surface area contributed by atoms with E-state index in [1.807, 2.05) is 0 Å². The molecular formula is C17H30N2O. The Hall–Kier alpha value is -0.570. The number of nitrogens with one attached hydrogen (secondary N) is 1. The van der Waals surface area contributed by atoms with Crippen molar-refractivity contribution in [3.8, 4) is 0 Å². The SMILES string of the molecule is O=C(CCC1CCCN1)N1CCC2(CCCCC2)CC1. The highest BCUT2D eigenvalue weighted by Crippen LogP contribution is 2.44. The van der Waals surface area contributed by atoms with E-state index in [9.17, 15) is 4.79 Å². The quantitative estimate of drug-likeness (QED) is 0.860. The number of nitrogens with zero attached hydrogens (tertiary/aromatic N) is 1. The van der Waals surface area contributed by atoms with Gasteiger partial charge in [0, 0.05) is 25.6 Å². The van der Waals surface area contributed by atoms with Gasteiger partial charge in [0.25, 0.3) is 0 Å². The van der Waals surface area contributed by atoms with E-state index in [-0.39, 0.29) is 0 Å². The van der Waals surface area contributed by atoms with Crippen LogP contribution < -0.4 is 5.32 Å². The molecule has 0 radical (unpaired) electrons. The lowest BCUT2D eigenvalue weighted by atomic mass is 9.68. The number of carbonyl (C=O) groups excluding carboxylic acids is 1. The summed E-state index contributed by atoms with van der Waals surface area (Å²) in [7, 11) is 0. The molecule has 1 atom stereocenters. The highest BCUT2D eigenvalue weighted by Gasteiger charge is 2.36. The third-order valence-corrected chi connectivity index (χ3v) is 5.96. The van der Waals surface area contributed by atoms with Gasteiger partial charge in [-0.2, -0.15) is 0 Å². The van der Waals surface area contributed by atoms with Gasteiger partial charge in [-0.3, -0.25) is 4.79 Å². The number of amides is 1. The summed E-state index contributed by atoms with van der Waals surface area (Å²) in [6.07, 6.45) is 14.0. The van der Waals surface area contributed by atoms with Crippen molar-refractivity contribution < 1.29 is 4.79 Å². The van der Waals surface area contributed by atoms with Crippen LogP contribution in [-0.2, 0) is 4.79 Å². The Kier molecular flexibility index (Phi) is 4.65. The molecule has 3 nitrogen and oxygen atoms in total. The van der Waals surface area contributed by atoms with Gasteiger partial charge in [0.2, 0.25) is 5.91 Å². The van der Waals surface area contributed by atoms with Gasteiger partial charge in [0.15, 0.2) is 0 Å². The van der Waals surface area contributed by atoms with Gasteiger partial charge < -0.3 is 10.2 Å². The molecule has 0 aromatic rings. The summed E-state index contributed by atoms with van der Waals surface area (Å²) < 4.78 is 0. The number of hydrogen-bond acceptors (Lipinski definition) is 2.